The molecule has 7 heteroatoms. The molecule has 1 N–H and O–H groups in total. The number of aromatic carboxylic acids is 1. The van der Waals surface area contributed by atoms with Gasteiger partial charge in [0, 0.05) is 12.4 Å². The molecular weight excluding hydrogens is 224 g/mol. The maximum absolute atomic E-state index is 9.86. The fourth-order valence-corrected chi connectivity index (χ4v) is 0.377. The summed E-state index contributed by atoms with van der Waals surface area (Å²) in [6.07, 6.45) is 2.77. The topological polar surface area (TPSA) is 92.6 Å². The molecule has 5 nitrogen and oxygen atoms in total. The van der Waals surface area contributed by atoms with E-state index < -0.39 is 5.97 Å². The summed E-state index contributed by atoms with van der Waals surface area (Å²) in [5, 5.41) is 17.3. The second-order valence-corrected chi connectivity index (χ2v) is 1.86. The van der Waals surface area contributed by atoms with Gasteiger partial charge in [0.05, 0.1) is 7.85 Å². The third-order valence-electron chi connectivity index (χ3n) is 0.692. The fourth-order valence-electron chi connectivity index (χ4n) is 0.377. The Hall–Kier alpha value is -1.51. The maximum atomic E-state index is 9.86. The van der Waals surface area contributed by atoms with Crippen LogP contribution in [0, 0.1) is 11.2 Å². The van der Waals surface area contributed by atoms with Crippen LogP contribution in [0.1, 0.15) is 10.6 Å². The molecule has 1 heterocycles. The number of rotatable bonds is 1. The predicted octanol–water partition coefficient (Wildman–Crippen LogP) is -1.72. The van der Waals surface area contributed by atoms with Gasteiger partial charge in [-0.15, -0.1) is 0 Å². The molecule has 0 unspecified atom stereocenters. The van der Waals surface area contributed by atoms with E-state index in [1.165, 1.54) is 12.4 Å². The molecule has 14 heavy (non-hydrogen) atoms. The molecule has 0 atom stereocenters. The normalized spacial score (nSPS) is 6.57. The largest absolute Gasteiger partial charge is 0.542 e. The molecule has 0 saturated heterocycles. The number of nitrogens with one attached hydrogen (secondary N) is 1. The molecule has 1 aromatic heterocycles. The number of nitriles is 1. The van der Waals surface area contributed by atoms with Crippen LogP contribution in [-0.2, 0) is 16.0 Å². The van der Waals surface area contributed by atoms with Crippen molar-refractivity contribution in [2.75, 3.05) is 0 Å². The molecule has 0 aliphatic carbocycles. The number of carboxylic acids is 1. The van der Waals surface area contributed by atoms with E-state index in [4.69, 9.17) is 5.26 Å². The Labute approximate surface area is 91.1 Å². The van der Waals surface area contributed by atoms with E-state index in [2.05, 4.69) is 32.6 Å². The van der Waals surface area contributed by atoms with E-state index in [1.807, 2.05) is 5.97 Å². The number of nitrogens with zero attached hydrogens (tertiary/aromatic N) is 2. The van der Waals surface area contributed by atoms with E-state index in [0.29, 0.717) is 0 Å². The number of aromatic amines is 1. The van der Waals surface area contributed by atoms with E-state index in [-0.39, 0.29) is 13.7 Å². The SMILES string of the molecule is C=[CH][Mn+2].O=C([O-])c1ncc[nH]1.[BH3-]C#N. The van der Waals surface area contributed by atoms with Crippen molar-refractivity contribution in [3.05, 3.63) is 29.8 Å². The van der Waals surface area contributed by atoms with Crippen molar-refractivity contribution in [1.29, 1.82) is 5.26 Å². The molecule has 0 aliphatic heterocycles. The molecule has 0 saturated carbocycles. The number of imidazole rings is 1. The van der Waals surface area contributed by atoms with Crippen LogP contribution in [-0.4, -0.2) is 23.8 Å². The van der Waals surface area contributed by atoms with Gasteiger partial charge in [-0.25, -0.2) is 4.98 Å². The summed E-state index contributed by atoms with van der Waals surface area (Å²) < 4.78 is 0. The van der Waals surface area contributed by atoms with E-state index in [1.54, 1.807) is 4.97 Å². The van der Waals surface area contributed by atoms with Gasteiger partial charge in [-0.05, 0) is 0 Å². The Morgan fingerprint density at radius 2 is 2.36 bits per heavy atom. The van der Waals surface area contributed by atoms with Crippen LogP contribution in [0.3, 0.4) is 0 Å². The number of hydrogen-bond donors (Lipinski definition) is 1. The van der Waals surface area contributed by atoms with Crippen LogP contribution in [0.4, 0.5) is 0 Å². The summed E-state index contributed by atoms with van der Waals surface area (Å²) in [6, 6.07) is 0. The summed E-state index contributed by atoms with van der Waals surface area (Å²) >= 11 is 2.91. The first kappa shape index (κ1) is 15.0. The molecule has 0 spiro atoms. The quantitative estimate of drug-likeness (QED) is 0.584. The number of carbonyl (C=O) groups is 1. The average molecular weight is 233 g/mol. The van der Waals surface area contributed by atoms with E-state index >= 15 is 0 Å². The first-order valence-electron chi connectivity index (χ1n) is 2.86. The molecular formula is C7H9BMnN3O2. The second-order valence-electron chi connectivity index (χ2n) is 1.38. The Morgan fingerprint density at radius 1 is 1.93 bits per heavy atom. The van der Waals surface area contributed by atoms with Crippen molar-refractivity contribution in [3.63, 3.8) is 0 Å². The zero-order chi connectivity index (χ0) is 11.4. The van der Waals surface area contributed by atoms with Crippen LogP contribution < -0.4 is 5.11 Å². The summed E-state index contributed by atoms with van der Waals surface area (Å²) in [7, 11) is 0.0694. The van der Waals surface area contributed by atoms with Crippen molar-refractivity contribution < 1.29 is 25.9 Å². The standard InChI is InChI=1S/C4H4N2O2.C2H3.CH3BN.Mn/c7-4(8)3-5-1-2-6-3;1-2;2-1-3;/h1-2H,(H,5,6)(H,7,8);1H,2H2;2H3;/q;;-1;+2/p-1. The van der Waals surface area contributed by atoms with Gasteiger partial charge in [-0.1, -0.05) is 0 Å². The fraction of sp³-hybridized carbons (Fsp3) is 0. The summed E-state index contributed by atoms with van der Waals surface area (Å²) in [5.74, 6) is 0.583. The Balaban J connectivity index is 0. The summed E-state index contributed by atoms with van der Waals surface area (Å²) in [4.78, 5) is 17.2. The van der Waals surface area contributed by atoms with Gasteiger partial charge < -0.3 is 14.9 Å². The first-order chi connectivity index (χ1) is 6.63. The molecule has 1 rings (SSSR count). The molecule has 0 aromatic carbocycles. The van der Waals surface area contributed by atoms with Crippen molar-refractivity contribution in [2.24, 2.45) is 0 Å². The molecule has 0 amide bonds. The zero-order valence-electron chi connectivity index (χ0n) is 6.53. The first-order valence-corrected chi connectivity index (χ1v) is 3.54. The Morgan fingerprint density at radius 3 is 2.50 bits per heavy atom. The summed E-state index contributed by atoms with van der Waals surface area (Å²) in [5.41, 5.74) is 0. The van der Waals surface area contributed by atoms with E-state index in [0.717, 1.165) is 0 Å². The van der Waals surface area contributed by atoms with Crippen molar-refractivity contribution in [2.45, 2.75) is 0 Å². The van der Waals surface area contributed by atoms with Gasteiger partial charge in [-0.3, -0.25) is 5.26 Å². The van der Waals surface area contributed by atoms with Crippen molar-refractivity contribution in [3.8, 4) is 5.97 Å². The van der Waals surface area contributed by atoms with Crippen LogP contribution in [0.15, 0.2) is 23.9 Å². The average Bonchev–Trinajstić information content (AvgIpc) is 2.58. The van der Waals surface area contributed by atoms with Gasteiger partial charge in [0.15, 0.2) is 5.82 Å². The minimum absolute atomic E-state index is 0.0694. The van der Waals surface area contributed by atoms with Gasteiger partial charge in [0.1, 0.15) is 5.97 Å². The van der Waals surface area contributed by atoms with Crippen LogP contribution >= 0.6 is 0 Å². The minimum atomic E-state index is -1.28. The second kappa shape index (κ2) is 11.5. The van der Waals surface area contributed by atoms with Gasteiger partial charge in [0.2, 0.25) is 0 Å². The smallest absolute Gasteiger partial charge is 0.152 e. The van der Waals surface area contributed by atoms with Crippen LogP contribution in [0.5, 0.6) is 0 Å². The number of carboxylic acid groups (broad SMARTS) is 1. The zero-order valence-corrected chi connectivity index (χ0v) is 7.71. The monoisotopic (exact) mass is 233 g/mol. The van der Waals surface area contributed by atoms with Crippen LogP contribution in [0.2, 0.25) is 0 Å². The third-order valence-corrected chi connectivity index (χ3v) is 0.692. The molecule has 1 aromatic rings. The minimum Gasteiger partial charge on any atom is -0.542 e. The van der Waals surface area contributed by atoms with Crippen molar-refractivity contribution >= 4 is 13.8 Å². The molecule has 0 fully saturated rings. The molecule has 0 aliphatic rings. The van der Waals surface area contributed by atoms with Gasteiger partial charge in [-0.2, -0.15) is 5.97 Å². The number of carbonyl (C=O) groups excluding carboxylic acids is 1. The van der Waals surface area contributed by atoms with E-state index in [9.17, 15) is 9.90 Å². The molecule has 0 radical (unpaired) electrons. The number of H-pyrrole nitrogens is 1. The third kappa shape index (κ3) is 10.5. The predicted molar refractivity (Wildman–Crippen MR) is 48.7 cm³/mol. The molecule has 0 bridgehead atoms. The number of aromatic nitrogens is 2. The van der Waals surface area contributed by atoms with Gasteiger partial charge >= 0.3 is 27.6 Å². The van der Waals surface area contributed by atoms with Crippen LogP contribution in [0.25, 0.3) is 0 Å². The van der Waals surface area contributed by atoms with Gasteiger partial charge in [0.25, 0.3) is 0 Å². The maximum Gasteiger partial charge on any atom is 0.152 e. The summed E-state index contributed by atoms with van der Waals surface area (Å²) in [6.45, 7) is 3.28. The van der Waals surface area contributed by atoms with Crippen molar-refractivity contribution in [1.82, 2.24) is 9.97 Å². The number of hydrogen-bond acceptors (Lipinski definition) is 4. The Kier molecular flexibility index (Phi) is 12.3. The molecule has 74 valence electrons. The Bertz CT molecular complexity index is 294.